The second kappa shape index (κ2) is 8.24. The first-order chi connectivity index (χ1) is 14.8. The second-order valence-corrected chi connectivity index (χ2v) is 8.46. The molecule has 0 aliphatic carbocycles. The minimum atomic E-state index is 0.203. The average Bonchev–Trinajstić information content (AvgIpc) is 3.32. The third-order valence-electron chi connectivity index (χ3n) is 5.58. The predicted octanol–water partition coefficient (Wildman–Crippen LogP) is 4.25. The van der Waals surface area contributed by atoms with Gasteiger partial charge in [-0.3, -0.25) is 4.79 Å². The predicted molar refractivity (Wildman–Crippen MR) is 122 cm³/mol. The molecule has 0 radical (unpaired) electrons. The molecule has 0 N–H and O–H groups in total. The lowest BCUT2D eigenvalue weighted by Crippen LogP contribution is -2.49. The van der Waals surface area contributed by atoms with Crippen LogP contribution >= 0.6 is 11.3 Å². The number of nitrogens with zero attached hydrogens (tertiary/aromatic N) is 4. The molecule has 2 aromatic carbocycles. The van der Waals surface area contributed by atoms with Gasteiger partial charge in [0.2, 0.25) is 5.91 Å². The first kappa shape index (κ1) is 18.8. The number of hydrogen-bond donors (Lipinski definition) is 0. The van der Waals surface area contributed by atoms with Crippen LogP contribution in [-0.2, 0) is 11.2 Å². The first-order valence-corrected chi connectivity index (χ1v) is 11.0. The van der Waals surface area contributed by atoms with Gasteiger partial charge in [0, 0.05) is 36.6 Å². The maximum Gasteiger partial charge on any atom is 0.227 e. The van der Waals surface area contributed by atoms with Crippen LogP contribution in [0.1, 0.15) is 4.88 Å². The molecule has 5 nitrogen and oxygen atoms in total. The number of thiophene rings is 1. The fourth-order valence-electron chi connectivity index (χ4n) is 3.95. The number of hydrogen-bond acceptors (Lipinski definition) is 5. The van der Waals surface area contributed by atoms with Crippen LogP contribution in [0.3, 0.4) is 0 Å². The van der Waals surface area contributed by atoms with Gasteiger partial charge in [-0.1, -0.05) is 48.5 Å². The molecule has 30 heavy (non-hydrogen) atoms. The number of piperazine rings is 1. The van der Waals surface area contributed by atoms with E-state index in [1.54, 1.807) is 11.3 Å². The van der Waals surface area contributed by atoms with Crippen molar-refractivity contribution in [3.8, 4) is 11.3 Å². The summed E-state index contributed by atoms with van der Waals surface area (Å²) in [7, 11) is 0. The van der Waals surface area contributed by atoms with Crippen molar-refractivity contribution in [2.45, 2.75) is 6.42 Å². The lowest BCUT2D eigenvalue weighted by atomic mass is 10.0. The van der Waals surface area contributed by atoms with E-state index in [9.17, 15) is 4.79 Å². The zero-order chi connectivity index (χ0) is 20.3. The van der Waals surface area contributed by atoms with Gasteiger partial charge in [0.1, 0.15) is 0 Å². The largest absolute Gasteiger partial charge is 0.352 e. The molecule has 5 rings (SSSR count). The molecule has 0 saturated carbocycles. The van der Waals surface area contributed by atoms with Gasteiger partial charge < -0.3 is 9.80 Å². The Morgan fingerprint density at radius 1 is 0.867 bits per heavy atom. The average molecular weight is 415 g/mol. The third-order valence-corrected chi connectivity index (χ3v) is 6.45. The number of aromatic nitrogens is 2. The van der Waals surface area contributed by atoms with Crippen LogP contribution in [0.2, 0.25) is 0 Å². The summed E-state index contributed by atoms with van der Waals surface area (Å²) in [4.78, 5) is 17.8. The molecule has 1 aliphatic rings. The summed E-state index contributed by atoms with van der Waals surface area (Å²) < 4.78 is 0. The van der Waals surface area contributed by atoms with Crippen molar-refractivity contribution in [1.82, 2.24) is 15.1 Å². The molecular weight excluding hydrogens is 392 g/mol. The number of amides is 1. The van der Waals surface area contributed by atoms with Gasteiger partial charge in [0.25, 0.3) is 0 Å². The van der Waals surface area contributed by atoms with E-state index in [0.29, 0.717) is 6.42 Å². The monoisotopic (exact) mass is 414 g/mol. The Labute approximate surface area is 179 Å². The molecule has 0 atom stereocenters. The maximum absolute atomic E-state index is 12.5. The first-order valence-electron chi connectivity index (χ1n) is 10.1. The molecule has 1 amide bonds. The highest BCUT2D eigenvalue weighted by molar-refractivity contribution is 7.10. The van der Waals surface area contributed by atoms with E-state index in [4.69, 9.17) is 0 Å². The quantitative estimate of drug-likeness (QED) is 0.501. The van der Waals surface area contributed by atoms with Gasteiger partial charge in [-0.15, -0.1) is 21.5 Å². The van der Waals surface area contributed by atoms with Crippen molar-refractivity contribution in [2.24, 2.45) is 0 Å². The molecule has 0 unspecified atom stereocenters. The summed E-state index contributed by atoms with van der Waals surface area (Å²) in [6, 6.07) is 22.7. The summed E-state index contributed by atoms with van der Waals surface area (Å²) in [5.41, 5.74) is 1.97. The highest BCUT2D eigenvalue weighted by Crippen LogP contribution is 2.27. The Morgan fingerprint density at radius 2 is 1.70 bits per heavy atom. The Hall–Kier alpha value is -3.25. The van der Waals surface area contributed by atoms with Gasteiger partial charge in [-0.2, -0.15) is 0 Å². The van der Waals surface area contributed by atoms with E-state index in [1.807, 2.05) is 46.7 Å². The summed E-state index contributed by atoms with van der Waals surface area (Å²) in [5, 5.41) is 13.4. The summed E-state index contributed by atoms with van der Waals surface area (Å²) >= 11 is 1.64. The van der Waals surface area contributed by atoms with E-state index >= 15 is 0 Å². The molecular formula is C24H22N4OS. The van der Waals surface area contributed by atoms with Crippen LogP contribution in [0, 0.1) is 0 Å². The molecule has 1 saturated heterocycles. The number of benzene rings is 2. The molecule has 4 aromatic rings. The normalized spacial score (nSPS) is 14.3. The minimum absolute atomic E-state index is 0.203. The van der Waals surface area contributed by atoms with Crippen LogP contribution in [0.5, 0.6) is 0 Å². The van der Waals surface area contributed by atoms with Gasteiger partial charge in [0.15, 0.2) is 5.82 Å². The Bertz CT molecular complexity index is 1140. The van der Waals surface area contributed by atoms with E-state index in [2.05, 4.69) is 45.4 Å². The highest BCUT2D eigenvalue weighted by Gasteiger charge is 2.22. The molecule has 0 bridgehead atoms. The SMILES string of the molecule is O=C(Cc1cccs1)N1CCN(c2ccc(-c3cccc4ccccc34)nn2)CC1. The topological polar surface area (TPSA) is 49.3 Å². The van der Waals surface area contributed by atoms with E-state index in [0.717, 1.165) is 48.1 Å². The molecule has 150 valence electrons. The lowest BCUT2D eigenvalue weighted by molar-refractivity contribution is -0.130. The van der Waals surface area contributed by atoms with Gasteiger partial charge in [-0.05, 0) is 34.4 Å². The van der Waals surface area contributed by atoms with Crippen LogP contribution in [0.25, 0.3) is 22.0 Å². The Balaban J connectivity index is 1.26. The van der Waals surface area contributed by atoms with Crippen molar-refractivity contribution in [2.75, 3.05) is 31.1 Å². The lowest BCUT2D eigenvalue weighted by Gasteiger charge is -2.35. The maximum atomic E-state index is 12.5. The molecule has 3 heterocycles. The van der Waals surface area contributed by atoms with Crippen molar-refractivity contribution < 1.29 is 4.79 Å². The summed E-state index contributed by atoms with van der Waals surface area (Å²) in [6.07, 6.45) is 0.497. The van der Waals surface area contributed by atoms with Crippen molar-refractivity contribution in [1.29, 1.82) is 0 Å². The van der Waals surface area contributed by atoms with E-state index in [1.165, 1.54) is 10.8 Å². The van der Waals surface area contributed by atoms with Crippen molar-refractivity contribution in [3.05, 3.63) is 77.0 Å². The zero-order valence-electron chi connectivity index (χ0n) is 16.6. The number of carbonyl (C=O) groups is 1. The van der Waals surface area contributed by atoms with Crippen LogP contribution < -0.4 is 4.90 Å². The minimum Gasteiger partial charge on any atom is -0.352 e. The van der Waals surface area contributed by atoms with E-state index in [-0.39, 0.29) is 5.91 Å². The van der Waals surface area contributed by atoms with Gasteiger partial charge in [-0.25, -0.2) is 0 Å². The van der Waals surface area contributed by atoms with Crippen LogP contribution in [0.4, 0.5) is 5.82 Å². The second-order valence-electron chi connectivity index (χ2n) is 7.43. The third kappa shape index (κ3) is 3.78. The Kier molecular flexibility index (Phi) is 5.15. The highest BCUT2D eigenvalue weighted by atomic mass is 32.1. The van der Waals surface area contributed by atoms with Crippen LogP contribution in [0.15, 0.2) is 72.1 Å². The van der Waals surface area contributed by atoms with E-state index < -0.39 is 0 Å². The van der Waals surface area contributed by atoms with Crippen molar-refractivity contribution in [3.63, 3.8) is 0 Å². The van der Waals surface area contributed by atoms with Gasteiger partial charge >= 0.3 is 0 Å². The smallest absolute Gasteiger partial charge is 0.227 e. The number of carbonyl (C=O) groups excluding carboxylic acids is 1. The number of anilines is 1. The number of rotatable bonds is 4. The standard InChI is InChI=1S/C24H22N4OS/c29-24(17-19-7-4-16-30-19)28-14-12-27(13-15-28)23-11-10-22(25-26-23)21-9-3-6-18-5-1-2-8-20(18)21/h1-11,16H,12-15,17H2. The van der Waals surface area contributed by atoms with Crippen molar-refractivity contribution >= 4 is 33.8 Å². The van der Waals surface area contributed by atoms with Crippen LogP contribution in [-0.4, -0.2) is 47.2 Å². The summed E-state index contributed by atoms with van der Waals surface area (Å²) in [6.45, 7) is 2.99. The zero-order valence-corrected chi connectivity index (χ0v) is 17.4. The fourth-order valence-corrected chi connectivity index (χ4v) is 4.64. The molecule has 2 aromatic heterocycles. The molecule has 1 aliphatic heterocycles. The summed E-state index contributed by atoms with van der Waals surface area (Å²) in [5.74, 6) is 1.07. The molecule has 0 spiro atoms. The fraction of sp³-hybridized carbons (Fsp3) is 0.208. The molecule has 6 heteroatoms. The van der Waals surface area contributed by atoms with Gasteiger partial charge in [0.05, 0.1) is 12.1 Å². The number of fused-ring (bicyclic) bond motifs is 1. The Morgan fingerprint density at radius 3 is 2.47 bits per heavy atom. The molecule has 1 fully saturated rings.